The Labute approximate surface area is 207 Å². The highest BCUT2D eigenvalue weighted by Gasteiger charge is 2.32. The van der Waals surface area contributed by atoms with Gasteiger partial charge >= 0.3 is 5.69 Å². The lowest BCUT2D eigenvalue weighted by atomic mass is 10.1. The maximum Gasteiger partial charge on any atom is 0.336 e. The number of benzene rings is 1. The summed E-state index contributed by atoms with van der Waals surface area (Å²) in [5.74, 6) is -0.387. The van der Waals surface area contributed by atoms with E-state index < -0.39 is 22.6 Å². The van der Waals surface area contributed by atoms with E-state index in [2.05, 4.69) is 5.32 Å². The molecule has 0 aliphatic heterocycles. The number of pyridine rings is 1. The minimum absolute atomic E-state index is 0.122. The van der Waals surface area contributed by atoms with Crippen LogP contribution in [0.25, 0.3) is 16.6 Å². The number of fused-ring (bicyclic) bond motifs is 1. The molecule has 0 unspecified atom stereocenters. The van der Waals surface area contributed by atoms with Crippen molar-refractivity contribution >= 4 is 50.7 Å². The van der Waals surface area contributed by atoms with E-state index in [1.54, 1.807) is 25.1 Å². The number of nitrogens with two attached hydrogens (primary N) is 1. The van der Waals surface area contributed by atoms with E-state index in [-0.39, 0.29) is 34.0 Å². The Hall–Kier alpha value is -3.15. The van der Waals surface area contributed by atoms with Gasteiger partial charge in [0.25, 0.3) is 11.1 Å². The Balaban J connectivity index is 1.93. The zero-order valence-corrected chi connectivity index (χ0v) is 20.8. The molecule has 5 rings (SSSR count). The second-order valence-corrected chi connectivity index (χ2v) is 9.97. The number of nitrogens with one attached hydrogen (secondary N) is 1. The van der Waals surface area contributed by atoms with E-state index in [0.29, 0.717) is 27.8 Å². The first-order valence-corrected chi connectivity index (χ1v) is 12.1. The molecule has 2 aliphatic carbocycles. The SMILES string of the molecule is Cc1c(=O)n(C)c(Nc2ccc(I)cc2F)c2c(=O)n(C3CC3)c(=O)n(C3=CCCC(N)=C3)c12. The minimum atomic E-state index is -0.519. The summed E-state index contributed by atoms with van der Waals surface area (Å²) in [6.45, 7) is 1.59. The van der Waals surface area contributed by atoms with Crippen LogP contribution in [0.3, 0.4) is 0 Å². The van der Waals surface area contributed by atoms with Crippen molar-refractivity contribution in [2.24, 2.45) is 12.8 Å². The van der Waals surface area contributed by atoms with Crippen molar-refractivity contribution in [3.05, 3.63) is 82.2 Å². The molecule has 8 nitrogen and oxygen atoms in total. The van der Waals surface area contributed by atoms with Gasteiger partial charge in [0.05, 0.1) is 11.2 Å². The summed E-state index contributed by atoms with van der Waals surface area (Å²) in [4.78, 5) is 40.6. The highest BCUT2D eigenvalue weighted by Crippen LogP contribution is 2.34. The number of anilines is 2. The molecule has 10 heteroatoms. The maximum absolute atomic E-state index is 14.7. The second kappa shape index (κ2) is 8.26. The van der Waals surface area contributed by atoms with Gasteiger partial charge in [0.1, 0.15) is 17.0 Å². The molecule has 1 saturated carbocycles. The second-order valence-electron chi connectivity index (χ2n) is 8.72. The number of nitrogens with zero attached hydrogens (tertiary/aromatic N) is 3. The van der Waals surface area contributed by atoms with E-state index in [9.17, 15) is 18.8 Å². The molecule has 2 aliphatic rings. The number of rotatable bonds is 4. The topological polar surface area (TPSA) is 104 Å². The third-order valence-corrected chi connectivity index (χ3v) is 6.99. The van der Waals surface area contributed by atoms with Crippen LogP contribution in [-0.2, 0) is 7.05 Å². The molecule has 0 saturated heterocycles. The molecule has 0 atom stereocenters. The van der Waals surface area contributed by atoms with Crippen LogP contribution in [-0.4, -0.2) is 13.7 Å². The van der Waals surface area contributed by atoms with E-state index in [1.807, 2.05) is 28.7 Å². The summed E-state index contributed by atoms with van der Waals surface area (Å²) in [6.07, 6.45) is 6.32. The third kappa shape index (κ3) is 3.60. The Morgan fingerprint density at radius 3 is 2.56 bits per heavy atom. The molecule has 176 valence electrons. The van der Waals surface area contributed by atoms with E-state index >= 15 is 0 Å². The van der Waals surface area contributed by atoms with E-state index in [1.165, 1.54) is 26.8 Å². The van der Waals surface area contributed by atoms with Crippen LogP contribution in [0.5, 0.6) is 0 Å². The van der Waals surface area contributed by atoms with Crippen LogP contribution in [0.4, 0.5) is 15.9 Å². The van der Waals surface area contributed by atoms with E-state index in [0.717, 1.165) is 12.8 Å². The molecule has 2 aromatic heterocycles. The van der Waals surface area contributed by atoms with Crippen LogP contribution in [0.15, 0.2) is 50.4 Å². The lowest BCUT2D eigenvalue weighted by molar-refractivity contribution is 0.630. The highest BCUT2D eigenvalue weighted by molar-refractivity contribution is 14.1. The smallest absolute Gasteiger partial charge is 0.336 e. The Bertz CT molecular complexity index is 1610. The van der Waals surface area contributed by atoms with Gasteiger partial charge in [-0.25, -0.2) is 9.18 Å². The van der Waals surface area contributed by atoms with Gasteiger partial charge in [0.15, 0.2) is 0 Å². The number of allylic oxidation sites excluding steroid dienone is 4. The van der Waals surface area contributed by atoms with Gasteiger partial charge in [-0.05, 0) is 79.5 Å². The normalized spacial score (nSPS) is 15.9. The largest absolute Gasteiger partial charge is 0.402 e. The molecule has 3 N–H and O–H groups in total. The summed E-state index contributed by atoms with van der Waals surface area (Å²) < 4.78 is 19.4. The molecular weight excluding hydrogens is 552 g/mol. The van der Waals surface area contributed by atoms with Gasteiger partial charge in [0, 0.05) is 33.6 Å². The van der Waals surface area contributed by atoms with Crippen molar-refractivity contribution in [2.45, 2.75) is 38.6 Å². The summed E-state index contributed by atoms with van der Waals surface area (Å²) in [6, 6.07) is 4.42. The predicted octanol–water partition coefficient (Wildman–Crippen LogP) is 3.47. The fraction of sp³-hybridized carbons (Fsp3) is 0.292. The number of halogens is 2. The first-order valence-electron chi connectivity index (χ1n) is 11.0. The van der Waals surface area contributed by atoms with Crippen molar-refractivity contribution in [1.29, 1.82) is 0 Å². The molecule has 3 aromatic rings. The molecule has 0 radical (unpaired) electrons. The monoisotopic (exact) mass is 575 g/mol. The van der Waals surface area contributed by atoms with Crippen LogP contribution in [0.2, 0.25) is 0 Å². The molecular formula is C24H23FIN5O3. The van der Waals surface area contributed by atoms with Gasteiger partial charge in [-0.2, -0.15) is 0 Å². The van der Waals surface area contributed by atoms with E-state index in [4.69, 9.17) is 5.73 Å². The number of hydrogen-bond acceptors (Lipinski definition) is 5. The Kier molecular flexibility index (Phi) is 5.50. The standard InChI is InChI=1S/C24H23FIN5O3/c1-12-20-19(21(29(2)22(12)32)28-18-9-6-13(26)10-17(18)25)23(33)31(15-7-8-15)24(34)30(20)16-5-3-4-14(27)11-16/h5-6,9-11,15,28H,3-4,7-8,27H2,1-2H3. The van der Waals surface area contributed by atoms with Crippen molar-refractivity contribution in [3.8, 4) is 0 Å². The van der Waals surface area contributed by atoms with Gasteiger partial charge in [0.2, 0.25) is 0 Å². The zero-order chi connectivity index (χ0) is 24.3. The molecule has 0 bridgehead atoms. The average Bonchev–Trinajstić information content (AvgIpc) is 3.62. The highest BCUT2D eigenvalue weighted by atomic mass is 127. The Morgan fingerprint density at radius 2 is 1.91 bits per heavy atom. The van der Waals surface area contributed by atoms with Gasteiger partial charge in [-0.3, -0.25) is 23.3 Å². The predicted molar refractivity (Wildman–Crippen MR) is 139 cm³/mol. The minimum Gasteiger partial charge on any atom is -0.402 e. The number of aromatic nitrogens is 3. The molecule has 1 aromatic carbocycles. The van der Waals surface area contributed by atoms with Crippen LogP contribution < -0.4 is 27.9 Å². The fourth-order valence-corrected chi connectivity index (χ4v) is 4.89. The number of aryl methyl sites for hydroxylation is 1. The fourth-order valence-electron chi connectivity index (χ4n) is 4.44. The van der Waals surface area contributed by atoms with Crippen molar-refractivity contribution < 1.29 is 4.39 Å². The lowest BCUT2D eigenvalue weighted by Crippen LogP contribution is -2.41. The van der Waals surface area contributed by atoms with Crippen LogP contribution in [0.1, 0.15) is 37.3 Å². The van der Waals surface area contributed by atoms with Crippen LogP contribution >= 0.6 is 22.6 Å². The first-order chi connectivity index (χ1) is 16.2. The molecule has 2 heterocycles. The van der Waals surface area contributed by atoms with Gasteiger partial charge in [-0.1, -0.05) is 6.08 Å². The third-order valence-electron chi connectivity index (χ3n) is 6.32. The summed E-state index contributed by atoms with van der Waals surface area (Å²) in [7, 11) is 1.52. The maximum atomic E-state index is 14.7. The van der Waals surface area contributed by atoms with Crippen molar-refractivity contribution in [3.63, 3.8) is 0 Å². The zero-order valence-electron chi connectivity index (χ0n) is 18.7. The van der Waals surface area contributed by atoms with Crippen LogP contribution in [0, 0.1) is 16.3 Å². The summed E-state index contributed by atoms with van der Waals surface area (Å²) in [5.41, 5.74) is 6.39. The van der Waals surface area contributed by atoms with Gasteiger partial charge in [-0.15, -0.1) is 0 Å². The molecule has 34 heavy (non-hydrogen) atoms. The average molecular weight is 575 g/mol. The number of hydrogen-bond donors (Lipinski definition) is 2. The first kappa shape index (κ1) is 22.6. The Morgan fingerprint density at radius 1 is 1.18 bits per heavy atom. The molecule has 0 spiro atoms. The van der Waals surface area contributed by atoms with Gasteiger partial charge < -0.3 is 11.1 Å². The lowest BCUT2D eigenvalue weighted by Gasteiger charge is -2.22. The summed E-state index contributed by atoms with van der Waals surface area (Å²) >= 11 is 2.01. The molecule has 0 amide bonds. The molecule has 1 fully saturated rings. The summed E-state index contributed by atoms with van der Waals surface area (Å²) in [5, 5.41) is 3.12. The quantitative estimate of drug-likeness (QED) is 0.464. The van der Waals surface area contributed by atoms with Crippen molar-refractivity contribution in [2.75, 3.05) is 5.32 Å². The van der Waals surface area contributed by atoms with Crippen molar-refractivity contribution in [1.82, 2.24) is 13.7 Å².